The van der Waals surface area contributed by atoms with Crippen molar-refractivity contribution < 1.29 is 13.9 Å². The molecule has 1 aliphatic rings. The van der Waals surface area contributed by atoms with Gasteiger partial charge in [0.25, 0.3) is 0 Å². The number of anilines is 1. The molecule has 27 heavy (non-hydrogen) atoms. The maximum absolute atomic E-state index is 14.1. The molecule has 0 aromatic heterocycles. The molecule has 2 aromatic rings. The third-order valence-electron chi connectivity index (χ3n) is 4.69. The minimum Gasteiger partial charge on any atom is -0.497 e. The van der Waals surface area contributed by atoms with Gasteiger partial charge in [-0.2, -0.15) is 0 Å². The number of rotatable bonds is 5. The lowest BCUT2D eigenvalue weighted by Gasteiger charge is -2.35. The molecule has 1 saturated heterocycles. The fourth-order valence-corrected chi connectivity index (χ4v) is 3.45. The second-order valence-corrected chi connectivity index (χ2v) is 7.45. The lowest BCUT2D eigenvalue weighted by atomic mass is 10.1. The van der Waals surface area contributed by atoms with Crippen molar-refractivity contribution in [1.82, 2.24) is 4.90 Å². The fraction of sp³-hybridized carbons (Fsp3) is 0.286. The number of likely N-dealkylation sites (N-methyl/N-ethyl adjacent to an activating group) is 1. The summed E-state index contributed by atoms with van der Waals surface area (Å²) in [5.41, 5.74) is 2.03. The molecule has 0 saturated carbocycles. The van der Waals surface area contributed by atoms with Gasteiger partial charge in [-0.3, -0.25) is 4.79 Å². The van der Waals surface area contributed by atoms with Crippen LogP contribution in [0.5, 0.6) is 5.75 Å². The summed E-state index contributed by atoms with van der Waals surface area (Å²) >= 11 is 3.49. The number of hydrogen-bond donors (Lipinski definition) is 0. The molecule has 1 heterocycles. The highest BCUT2D eigenvalue weighted by Crippen LogP contribution is 2.27. The first kappa shape index (κ1) is 19.6. The van der Waals surface area contributed by atoms with Crippen LogP contribution in [-0.4, -0.2) is 51.0 Å². The van der Waals surface area contributed by atoms with E-state index in [1.165, 1.54) is 25.3 Å². The number of nitrogens with zero attached hydrogens (tertiary/aromatic N) is 2. The molecule has 142 valence electrons. The topological polar surface area (TPSA) is 32.8 Å². The third-order valence-corrected chi connectivity index (χ3v) is 5.18. The van der Waals surface area contributed by atoms with Crippen LogP contribution in [0.3, 0.4) is 0 Å². The van der Waals surface area contributed by atoms with Crippen LogP contribution >= 0.6 is 15.9 Å². The smallest absolute Gasteiger partial charge is 0.188 e. The van der Waals surface area contributed by atoms with E-state index >= 15 is 0 Å². The Labute approximate surface area is 167 Å². The van der Waals surface area contributed by atoms with Gasteiger partial charge in [0.2, 0.25) is 0 Å². The molecule has 0 atom stereocenters. The summed E-state index contributed by atoms with van der Waals surface area (Å²) in [5, 5.41) is 0. The average Bonchev–Trinajstić information content (AvgIpc) is 2.67. The van der Waals surface area contributed by atoms with Gasteiger partial charge in [-0.1, -0.05) is 15.9 Å². The van der Waals surface area contributed by atoms with E-state index < -0.39 is 5.82 Å². The van der Waals surface area contributed by atoms with Gasteiger partial charge in [0.1, 0.15) is 11.6 Å². The van der Waals surface area contributed by atoms with Crippen LogP contribution in [0.1, 0.15) is 15.9 Å². The van der Waals surface area contributed by atoms with E-state index in [-0.39, 0.29) is 11.3 Å². The van der Waals surface area contributed by atoms with Crippen LogP contribution in [0.2, 0.25) is 0 Å². The van der Waals surface area contributed by atoms with Gasteiger partial charge in [-0.25, -0.2) is 4.39 Å². The van der Waals surface area contributed by atoms with E-state index in [1.807, 2.05) is 18.2 Å². The molecule has 0 aliphatic carbocycles. The zero-order chi connectivity index (χ0) is 19.4. The van der Waals surface area contributed by atoms with Crippen molar-refractivity contribution >= 4 is 33.5 Å². The van der Waals surface area contributed by atoms with Gasteiger partial charge in [0.05, 0.1) is 12.7 Å². The Morgan fingerprint density at radius 3 is 2.56 bits per heavy atom. The Morgan fingerprint density at radius 1 is 1.15 bits per heavy atom. The highest BCUT2D eigenvalue weighted by molar-refractivity contribution is 9.10. The third kappa shape index (κ3) is 4.76. The van der Waals surface area contributed by atoms with E-state index in [4.69, 9.17) is 4.74 Å². The van der Waals surface area contributed by atoms with Gasteiger partial charge in [-0.05, 0) is 55.1 Å². The molecular formula is C21H22BrFN2O2. The van der Waals surface area contributed by atoms with Crippen LogP contribution in [0.4, 0.5) is 10.1 Å². The molecule has 0 unspecified atom stereocenters. The fourth-order valence-electron chi connectivity index (χ4n) is 3.07. The molecule has 0 amide bonds. The van der Waals surface area contributed by atoms with Crippen LogP contribution in [-0.2, 0) is 0 Å². The predicted molar refractivity (Wildman–Crippen MR) is 110 cm³/mol. The highest BCUT2D eigenvalue weighted by atomic mass is 79.9. The Balaban J connectivity index is 1.84. The molecule has 1 fully saturated rings. The van der Waals surface area contributed by atoms with Gasteiger partial charge >= 0.3 is 0 Å². The van der Waals surface area contributed by atoms with E-state index in [9.17, 15) is 9.18 Å². The first-order valence-electron chi connectivity index (χ1n) is 8.77. The standard InChI is InChI=1S/C21H22BrFN2O2/c1-24-9-11-25(12-10-24)20-7-4-16(22)13-15(20)3-8-21(26)18-6-5-17(27-2)14-19(18)23/h3-8,13-14H,9-12H2,1-2H3/b8-3+. The van der Waals surface area contributed by atoms with E-state index in [0.29, 0.717) is 5.75 Å². The minimum absolute atomic E-state index is 0.0307. The molecule has 0 bridgehead atoms. The number of benzene rings is 2. The molecule has 1 aliphatic heterocycles. The van der Waals surface area contributed by atoms with Crippen LogP contribution < -0.4 is 9.64 Å². The number of piperazine rings is 1. The number of halogens is 2. The molecule has 0 N–H and O–H groups in total. The van der Waals surface area contributed by atoms with Crippen molar-refractivity contribution in [3.63, 3.8) is 0 Å². The van der Waals surface area contributed by atoms with Crippen molar-refractivity contribution in [2.24, 2.45) is 0 Å². The minimum atomic E-state index is -0.586. The number of ether oxygens (including phenoxy) is 1. The second kappa shape index (κ2) is 8.67. The molecule has 0 spiro atoms. The van der Waals surface area contributed by atoms with Gasteiger partial charge in [-0.15, -0.1) is 0 Å². The van der Waals surface area contributed by atoms with Crippen molar-refractivity contribution in [2.75, 3.05) is 45.2 Å². The summed E-state index contributed by atoms with van der Waals surface area (Å²) in [7, 11) is 3.57. The quantitative estimate of drug-likeness (QED) is 0.522. The van der Waals surface area contributed by atoms with Crippen LogP contribution in [0.15, 0.2) is 46.9 Å². The normalized spacial score (nSPS) is 15.3. The first-order valence-corrected chi connectivity index (χ1v) is 9.56. The van der Waals surface area contributed by atoms with E-state index in [0.717, 1.165) is 41.9 Å². The summed E-state index contributed by atoms with van der Waals surface area (Å²) < 4.78 is 20.0. The lowest BCUT2D eigenvalue weighted by Crippen LogP contribution is -2.44. The summed E-state index contributed by atoms with van der Waals surface area (Å²) in [6, 6.07) is 10.3. The zero-order valence-corrected chi connectivity index (χ0v) is 17.0. The maximum Gasteiger partial charge on any atom is 0.188 e. The Morgan fingerprint density at radius 2 is 1.89 bits per heavy atom. The Kier molecular flexibility index (Phi) is 6.29. The van der Waals surface area contributed by atoms with Crippen molar-refractivity contribution in [2.45, 2.75) is 0 Å². The number of carbonyl (C=O) groups excluding carboxylic acids is 1. The van der Waals surface area contributed by atoms with Gasteiger partial charge < -0.3 is 14.5 Å². The number of hydrogen-bond acceptors (Lipinski definition) is 4. The second-order valence-electron chi connectivity index (χ2n) is 6.54. The summed E-state index contributed by atoms with van der Waals surface area (Å²) in [5.74, 6) is -0.575. The lowest BCUT2D eigenvalue weighted by molar-refractivity contribution is 0.104. The summed E-state index contributed by atoms with van der Waals surface area (Å²) in [6.45, 7) is 3.85. The SMILES string of the molecule is COc1ccc(C(=O)/C=C/c2cc(Br)ccc2N2CCN(C)CC2)c(F)c1. The Hall–Kier alpha value is -2.18. The van der Waals surface area contributed by atoms with Crippen molar-refractivity contribution in [3.05, 3.63) is 63.9 Å². The Bertz CT molecular complexity index is 861. The van der Waals surface area contributed by atoms with Crippen molar-refractivity contribution in [3.8, 4) is 5.75 Å². The number of methoxy groups -OCH3 is 1. The van der Waals surface area contributed by atoms with Crippen LogP contribution in [0, 0.1) is 5.82 Å². The number of carbonyl (C=O) groups is 1. The molecule has 6 heteroatoms. The average molecular weight is 433 g/mol. The molecule has 3 rings (SSSR count). The highest BCUT2D eigenvalue weighted by Gasteiger charge is 2.17. The van der Waals surface area contributed by atoms with E-state index in [1.54, 1.807) is 12.1 Å². The molecule has 4 nitrogen and oxygen atoms in total. The van der Waals surface area contributed by atoms with Crippen LogP contribution in [0.25, 0.3) is 6.08 Å². The van der Waals surface area contributed by atoms with Gasteiger partial charge in [0, 0.05) is 42.4 Å². The maximum atomic E-state index is 14.1. The number of allylic oxidation sites excluding steroid dienone is 1. The summed E-state index contributed by atoms with van der Waals surface area (Å²) in [4.78, 5) is 17.1. The summed E-state index contributed by atoms with van der Waals surface area (Å²) in [6.07, 6.45) is 3.18. The van der Waals surface area contributed by atoms with Gasteiger partial charge in [0.15, 0.2) is 5.78 Å². The van der Waals surface area contributed by atoms with Crippen molar-refractivity contribution in [1.29, 1.82) is 0 Å². The number of ketones is 1. The molecule has 0 radical (unpaired) electrons. The monoisotopic (exact) mass is 432 g/mol. The predicted octanol–water partition coefficient (Wildman–Crippen LogP) is 4.24. The largest absolute Gasteiger partial charge is 0.497 e. The first-order chi connectivity index (χ1) is 13.0. The molecule has 2 aromatic carbocycles. The zero-order valence-electron chi connectivity index (χ0n) is 15.4. The molecular weight excluding hydrogens is 411 g/mol. The van der Waals surface area contributed by atoms with E-state index in [2.05, 4.69) is 32.8 Å².